The van der Waals surface area contributed by atoms with Gasteiger partial charge in [0.05, 0.1) is 19.5 Å². The highest BCUT2D eigenvalue weighted by atomic mass is 32.2. The van der Waals surface area contributed by atoms with E-state index in [1.165, 1.54) is 0 Å². The van der Waals surface area contributed by atoms with E-state index in [-0.39, 0.29) is 19.7 Å². The Hall–Kier alpha value is -0.700. The molecular weight excluding hydrogens is 192 g/mol. The molecule has 12 heavy (non-hydrogen) atoms. The lowest BCUT2D eigenvalue weighted by molar-refractivity contribution is -0.122. The normalized spacial score (nSPS) is 8.33. The molecule has 0 aromatic carbocycles. The van der Waals surface area contributed by atoms with Gasteiger partial charge in [-0.3, -0.25) is 9.35 Å². The van der Waals surface area contributed by atoms with Crippen LogP contribution in [-0.4, -0.2) is 54.2 Å². The summed E-state index contributed by atoms with van der Waals surface area (Å²) < 4.78 is 25.9. The molecule has 0 aliphatic carbocycles. The minimum absolute atomic E-state index is 0.125. The van der Waals surface area contributed by atoms with E-state index in [1.807, 2.05) is 0 Å². The van der Waals surface area contributed by atoms with Crippen LogP contribution in [0.4, 0.5) is 0 Å². The summed E-state index contributed by atoms with van der Waals surface area (Å²) in [6.45, 7) is -0.500. The maximum absolute atomic E-state index is 9.19. The Morgan fingerprint density at radius 3 is 1.33 bits per heavy atom. The molecule has 0 bridgehead atoms. The van der Waals surface area contributed by atoms with Crippen molar-refractivity contribution in [3.63, 3.8) is 0 Å². The zero-order chi connectivity index (χ0) is 10.6. The largest absolute Gasteiger partial charge is 0.483 e. The predicted octanol–water partition coefficient (Wildman–Crippen LogP) is -1.82. The molecule has 0 unspecified atom stereocenters. The fourth-order valence-electron chi connectivity index (χ4n) is 0. The summed E-state index contributed by atoms with van der Waals surface area (Å²) in [5.41, 5.74) is 0. The lowest BCUT2D eigenvalue weighted by Gasteiger charge is -1.70. The highest BCUT2D eigenvalue weighted by Gasteiger charge is 1.81. The maximum atomic E-state index is 9.19. The van der Waals surface area contributed by atoms with Gasteiger partial charge in [-0.05, 0) is 0 Å². The van der Waals surface area contributed by atoms with E-state index >= 15 is 0 Å². The van der Waals surface area contributed by atoms with Crippen molar-refractivity contribution >= 4 is 16.6 Å². The molecule has 8 heteroatoms. The Bertz CT molecular complexity index is 150. The summed E-state index contributed by atoms with van der Waals surface area (Å²) in [6.07, 6.45) is 0.715. The average molecular weight is 204 g/mol. The Kier molecular flexibility index (Phi) is 18.8. The molecule has 0 saturated heterocycles. The van der Waals surface area contributed by atoms with E-state index in [0.29, 0.717) is 6.26 Å². The van der Waals surface area contributed by atoms with E-state index in [2.05, 4.69) is 0 Å². The van der Waals surface area contributed by atoms with Crippen molar-refractivity contribution in [2.75, 3.05) is 19.5 Å². The van der Waals surface area contributed by atoms with Gasteiger partial charge in [-0.15, -0.1) is 0 Å². The first-order valence-corrected chi connectivity index (χ1v) is 4.40. The Balaban J connectivity index is -0.000000105. The number of carboxylic acid groups (broad SMARTS) is 1. The van der Waals surface area contributed by atoms with Crippen LogP contribution in [0, 0.1) is 0 Å². The third kappa shape index (κ3) is 7120. The lowest BCUT2D eigenvalue weighted by atomic mass is 10.8. The SMILES string of the molecule is CS(=O)(=O)O.O=CO.OCCO. The van der Waals surface area contributed by atoms with Crippen molar-refractivity contribution < 1.29 is 33.1 Å². The van der Waals surface area contributed by atoms with Crippen molar-refractivity contribution in [1.82, 2.24) is 0 Å². The van der Waals surface area contributed by atoms with Gasteiger partial charge in [0.1, 0.15) is 0 Å². The molecule has 0 amide bonds. The van der Waals surface area contributed by atoms with Crippen molar-refractivity contribution in [2.24, 2.45) is 0 Å². The van der Waals surface area contributed by atoms with Gasteiger partial charge in [0.2, 0.25) is 0 Å². The van der Waals surface area contributed by atoms with E-state index in [0.717, 1.165) is 0 Å². The molecule has 76 valence electrons. The van der Waals surface area contributed by atoms with Crippen LogP contribution in [-0.2, 0) is 14.9 Å². The third-order valence-corrected chi connectivity index (χ3v) is 0.1000. The van der Waals surface area contributed by atoms with Crippen LogP contribution in [0.15, 0.2) is 0 Å². The fraction of sp³-hybridized carbons (Fsp3) is 0.750. The van der Waals surface area contributed by atoms with Gasteiger partial charge >= 0.3 is 0 Å². The second kappa shape index (κ2) is 12.9. The third-order valence-electron chi connectivity index (χ3n) is 0.1000. The molecule has 0 heterocycles. The van der Waals surface area contributed by atoms with Gasteiger partial charge in [-0.1, -0.05) is 0 Å². The van der Waals surface area contributed by atoms with Gasteiger partial charge in [-0.2, -0.15) is 8.42 Å². The molecule has 0 aliphatic rings. The van der Waals surface area contributed by atoms with E-state index in [9.17, 15) is 8.42 Å². The summed E-state index contributed by atoms with van der Waals surface area (Å²) in [7, 11) is -3.67. The van der Waals surface area contributed by atoms with Crippen molar-refractivity contribution in [1.29, 1.82) is 0 Å². The smallest absolute Gasteiger partial charge is 0.290 e. The molecule has 4 N–H and O–H groups in total. The second-order valence-electron chi connectivity index (χ2n) is 1.29. The number of hydrogen-bond acceptors (Lipinski definition) is 5. The quantitative estimate of drug-likeness (QED) is 0.292. The van der Waals surface area contributed by atoms with Gasteiger partial charge in [0, 0.05) is 0 Å². The van der Waals surface area contributed by atoms with Gasteiger partial charge in [0.15, 0.2) is 0 Å². The monoisotopic (exact) mass is 204 g/mol. The van der Waals surface area contributed by atoms with Gasteiger partial charge < -0.3 is 15.3 Å². The number of hydrogen-bond donors (Lipinski definition) is 4. The van der Waals surface area contributed by atoms with Crippen LogP contribution in [0.25, 0.3) is 0 Å². The molecule has 7 nitrogen and oxygen atoms in total. The van der Waals surface area contributed by atoms with Crippen molar-refractivity contribution in [3.05, 3.63) is 0 Å². The van der Waals surface area contributed by atoms with Gasteiger partial charge in [-0.25, -0.2) is 0 Å². The second-order valence-corrected chi connectivity index (χ2v) is 2.75. The summed E-state index contributed by atoms with van der Waals surface area (Å²) in [4.78, 5) is 8.36. The molecule has 0 atom stereocenters. The summed E-state index contributed by atoms with van der Waals surface area (Å²) in [5.74, 6) is 0. The summed E-state index contributed by atoms with van der Waals surface area (Å²) >= 11 is 0. The van der Waals surface area contributed by atoms with Crippen LogP contribution in [0.1, 0.15) is 0 Å². The summed E-state index contributed by atoms with van der Waals surface area (Å²) in [6, 6.07) is 0. The highest BCUT2D eigenvalue weighted by Crippen LogP contribution is 1.60. The first-order chi connectivity index (χ1) is 5.33. The molecular formula is C4H12O7S. The van der Waals surface area contributed by atoms with Crippen molar-refractivity contribution in [3.8, 4) is 0 Å². The molecule has 0 aromatic rings. The number of aliphatic hydroxyl groups is 2. The first-order valence-electron chi connectivity index (χ1n) is 2.55. The lowest BCUT2D eigenvalue weighted by Crippen LogP contribution is -1.88. The zero-order valence-corrected chi connectivity index (χ0v) is 7.23. The number of rotatable bonds is 1. The molecule has 0 rings (SSSR count). The minimum atomic E-state index is -3.67. The van der Waals surface area contributed by atoms with E-state index in [4.69, 9.17) is 24.7 Å². The number of carbonyl (C=O) groups is 1. The molecule has 0 radical (unpaired) electrons. The minimum Gasteiger partial charge on any atom is -0.483 e. The van der Waals surface area contributed by atoms with E-state index in [1.54, 1.807) is 0 Å². The Labute approximate surface area is 70.0 Å². The fourth-order valence-corrected chi connectivity index (χ4v) is 0. The number of aliphatic hydroxyl groups excluding tert-OH is 2. The van der Waals surface area contributed by atoms with Crippen LogP contribution < -0.4 is 0 Å². The molecule has 0 spiro atoms. The van der Waals surface area contributed by atoms with Crippen LogP contribution in [0.3, 0.4) is 0 Å². The first kappa shape index (κ1) is 17.4. The Morgan fingerprint density at radius 2 is 1.33 bits per heavy atom. The molecule has 0 saturated carbocycles. The van der Waals surface area contributed by atoms with Gasteiger partial charge in [0.25, 0.3) is 16.6 Å². The standard InChI is InChI=1S/C2H6O2.CH4O3S.CH2O2/c3-1-2-4;1-5(2,3)4;2-1-3/h3-4H,1-2H2;1H3,(H,2,3,4);1H,(H,2,3). The van der Waals surface area contributed by atoms with Crippen LogP contribution >= 0.6 is 0 Å². The topological polar surface area (TPSA) is 132 Å². The predicted molar refractivity (Wildman–Crippen MR) is 40.3 cm³/mol. The maximum Gasteiger partial charge on any atom is 0.290 e. The molecule has 0 aromatic heterocycles. The van der Waals surface area contributed by atoms with Crippen molar-refractivity contribution in [2.45, 2.75) is 0 Å². The molecule has 0 fully saturated rings. The average Bonchev–Trinajstić information content (AvgIpc) is 1.85. The van der Waals surface area contributed by atoms with Crippen LogP contribution in [0.2, 0.25) is 0 Å². The van der Waals surface area contributed by atoms with E-state index < -0.39 is 10.1 Å². The Morgan fingerprint density at radius 1 is 1.25 bits per heavy atom. The zero-order valence-electron chi connectivity index (χ0n) is 6.41. The highest BCUT2D eigenvalue weighted by molar-refractivity contribution is 7.85. The molecule has 0 aliphatic heterocycles. The summed E-state index contributed by atoms with van der Waals surface area (Å²) in [5, 5.41) is 22.1. The van der Waals surface area contributed by atoms with Crippen LogP contribution in [0.5, 0.6) is 0 Å².